The number of carbonyl (C=O) groups excluding carboxylic acids is 1. The van der Waals surface area contributed by atoms with Gasteiger partial charge in [-0.1, -0.05) is 30.3 Å². The summed E-state index contributed by atoms with van der Waals surface area (Å²) in [6.45, 7) is 0.591. The van der Waals surface area contributed by atoms with Gasteiger partial charge in [0.2, 0.25) is 0 Å². The molecule has 0 radical (unpaired) electrons. The summed E-state index contributed by atoms with van der Waals surface area (Å²) in [5.41, 5.74) is 1.37. The summed E-state index contributed by atoms with van der Waals surface area (Å²) >= 11 is 2.89. The molecule has 5 nitrogen and oxygen atoms in total. The first-order chi connectivity index (χ1) is 11.3. The van der Waals surface area contributed by atoms with Crippen molar-refractivity contribution in [3.05, 3.63) is 57.5 Å². The zero-order valence-corrected chi connectivity index (χ0v) is 14.0. The molecule has 0 fully saturated rings. The van der Waals surface area contributed by atoms with Crippen LogP contribution in [0.2, 0.25) is 0 Å². The second-order valence-corrected chi connectivity index (χ2v) is 6.69. The largest absolute Gasteiger partial charge is 0.455 e. The topological polar surface area (TPSA) is 61.3 Å². The van der Waals surface area contributed by atoms with Crippen molar-refractivity contribution >= 4 is 28.6 Å². The summed E-state index contributed by atoms with van der Waals surface area (Å²) in [6.07, 6.45) is 1.73. The van der Waals surface area contributed by atoms with Crippen LogP contribution in [0, 0.1) is 0 Å². The van der Waals surface area contributed by atoms with Crippen molar-refractivity contribution in [2.45, 2.75) is 13.2 Å². The van der Waals surface area contributed by atoms with Gasteiger partial charge in [0.25, 0.3) is 0 Å². The summed E-state index contributed by atoms with van der Waals surface area (Å²) < 4.78 is 10.3. The van der Waals surface area contributed by atoms with Gasteiger partial charge in [0.15, 0.2) is 5.69 Å². The molecule has 0 spiro atoms. The molecular weight excluding hydrogens is 332 g/mol. The Balaban J connectivity index is 1.60. The first kappa shape index (κ1) is 15.8. The zero-order chi connectivity index (χ0) is 16.1. The van der Waals surface area contributed by atoms with E-state index in [1.165, 1.54) is 22.7 Å². The number of rotatable bonds is 6. The molecule has 0 bridgehead atoms. The lowest BCUT2D eigenvalue weighted by Gasteiger charge is -1.99. The van der Waals surface area contributed by atoms with Gasteiger partial charge in [0.05, 0.1) is 11.5 Å². The van der Waals surface area contributed by atoms with E-state index in [-0.39, 0.29) is 6.61 Å². The van der Waals surface area contributed by atoms with E-state index >= 15 is 0 Å². The number of hydrogen-bond donors (Lipinski definition) is 0. The predicted octanol–water partition coefficient (Wildman–Crippen LogP) is 3.77. The van der Waals surface area contributed by atoms with Gasteiger partial charge in [-0.15, -0.1) is 22.7 Å². The van der Waals surface area contributed by atoms with E-state index < -0.39 is 5.97 Å². The Bertz CT molecular complexity index is 783. The van der Waals surface area contributed by atoms with Crippen molar-refractivity contribution in [3.8, 4) is 10.6 Å². The molecule has 0 aliphatic heterocycles. The van der Waals surface area contributed by atoms with E-state index in [9.17, 15) is 4.79 Å². The minimum atomic E-state index is -0.432. The molecule has 0 N–H and O–H groups in total. The van der Waals surface area contributed by atoms with Crippen molar-refractivity contribution in [1.82, 2.24) is 9.97 Å². The molecule has 0 amide bonds. The van der Waals surface area contributed by atoms with Crippen molar-refractivity contribution in [1.29, 1.82) is 0 Å². The number of esters is 1. The fourth-order valence-corrected chi connectivity index (χ4v) is 3.46. The van der Waals surface area contributed by atoms with Gasteiger partial charge >= 0.3 is 5.97 Å². The Kier molecular flexibility index (Phi) is 5.12. The molecule has 0 unspecified atom stereocenters. The predicted molar refractivity (Wildman–Crippen MR) is 89.5 cm³/mol. The molecule has 7 heteroatoms. The van der Waals surface area contributed by atoms with E-state index in [2.05, 4.69) is 9.97 Å². The molecular formula is C16H14N2O3S2. The minimum absolute atomic E-state index is 0.195. The molecule has 3 rings (SSSR count). The highest BCUT2D eigenvalue weighted by molar-refractivity contribution is 7.15. The fraction of sp³-hybridized carbons (Fsp3) is 0.188. The lowest BCUT2D eigenvalue weighted by Crippen LogP contribution is -2.05. The summed E-state index contributed by atoms with van der Waals surface area (Å²) in [5, 5.41) is 3.34. The van der Waals surface area contributed by atoms with Gasteiger partial charge in [0.1, 0.15) is 16.6 Å². The van der Waals surface area contributed by atoms with Gasteiger partial charge in [-0.25, -0.2) is 14.8 Å². The van der Waals surface area contributed by atoms with Crippen LogP contribution in [0.3, 0.4) is 0 Å². The van der Waals surface area contributed by atoms with Crippen LogP contribution in [-0.4, -0.2) is 23.0 Å². The molecule has 0 saturated heterocycles. The zero-order valence-electron chi connectivity index (χ0n) is 12.4. The molecule has 2 heterocycles. The van der Waals surface area contributed by atoms with Crippen LogP contribution in [0.15, 0.2) is 41.9 Å². The molecule has 0 saturated carbocycles. The van der Waals surface area contributed by atoms with Crippen LogP contribution < -0.4 is 0 Å². The highest BCUT2D eigenvalue weighted by Gasteiger charge is 2.13. The number of ether oxygens (including phenoxy) is 2. The molecule has 0 aliphatic carbocycles. The number of aromatic nitrogens is 2. The van der Waals surface area contributed by atoms with Crippen molar-refractivity contribution in [2.75, 3.05) is 7.11 Å². The maximum atomic E-state index is 12.0. The summed E-state index contributed by atoms with van der Waals surface area (Å²) in [4.78, 5) is 21.4. The second-order valence-electron chi connectivity index (χ2n) is 4.63. The van der Waals surface area contributed by atoms with Crippen molar-refractivity contribution in [2.24, 2.45) is 0 Å². The maximum Gasteiger partial charge on any atom is 0.358 e. The Hall–Kier alpha value is -2.09. The monoisotopic (exact) mass is 346 g/mol. The third-order valence-electron chi connectivity index (χ3n) is 2.95. The quantitative estimate of drug-likeness (QED) is 0.636. The average Bonchev–Trinajstić information content (AvgIpc) is 3.23. The first-order valence-electron chi connectivity index (χ1n) is 6.87. The van der Waals surface area contributed by atoms with E-state index in [1.807, 2.05) is 30.3 Å². The van der Waals surface area contributed by atoms with E-state index in [0.717, 1.165) is 20.5 Å². The van der Waals surface area contributed by atoms with Crippen LogP contribution in [0.5, 0.6) is 0 Å². The summed E-state index contributed by atoms with van der Waals surface area (Å²) in [7, 11) is 1.59. The van der Waals surface area contributed by atoms with E-state index in [4.69, 9.17) is 9.47 Å². The number of benzene rings is 1. The summed E-state index contributed by atoms with van der Waals surface area (Å²) in [5.74, 6) is -0.432. The SMILES string of the molecule is COCc1nc(C(=O)OCc2cnc(-c3ccccc3)s2)cs1. The lowest BCUT2D eigenvalue weighted by atomic mass is 10.2. The normalized spacial score (nSPS) is 10.7. The smallest absolute Gasteiger partial charge is 0.358 e. The van der Waals surface area contributed by atoms with Gasteiger partial charge in [-0.05, 0) is 0 Å². The average molecular weight is 346 g/mol. The van der Waals surface area contributed by atoms with E-state index in [0.29, 0.717) is 12.3 Å². The fourth-order valence-electron chi connectivity index (χ4n) is 1.89. The number of methoxy groups -OCH3 is 1. The molecule has 0 aliphatic rings. The van der Waals surface area contributed by atoms with Crippen LogP contribution in [0.1, 0.15) is 20.4 Å². The molecule has 1 aromatic carbocycles. The van der Waals surface area contributed by atoms with Crippen LogP contribution in [0.4, 0.5) is 0 Å². The van der Waals surface area contributed by atoms with Crippen LogP contribution in [-0.2, 0) is 22.7 Å². The highest BCUT2D eigenvalue weighted by atomic mass is 32.1. The highest BCUT2D eigenvalue weighted by Crippen LogP contribution is 2.25. The van der Waals surface area contributed by atoms with Crippen LogP contribution in [0.25, 0.3) is 10.6 Å². The third-order valence-corrected chi connectivity index (χ3v) is 4.79. The Morgan fingerprint density at radius 2 is 2.04 bits per heavy atom. The Labute approximate surface area is 141 Å². The number of hydrogen-bond acceptors (Lipinski definition) is 7. The van der Waals surface area contributed by atoms with Crippen molar-refractivity contribution in [3.63, 3.8) is 0 Å². The van der Waals surface area contributed by atoms with Gasteiger partial charge in [-0.3, -0.25) is 0 Å². The molecule has 3 aromatic rings. The van der Waals surface area contributed by atoms with E-state index in [1.54, 1.807) is 18.7 Å². The Morgan fingerprint density at radius 1 is 1.22 bits per heavy atom. The third kappa shape index (κ3) is 4.01. The van der Waals surface area contributed by atoms with Gasteiger partial charge in [0, 0.05) is 24.3 Å². The van der Waals surface area contributed by atoms with Gasteiger partial charge < -0.3 is 9.47 Å². The standard InChI is InChI=1S/C16H14N2O3S2/c1-20-9-14-18-13(10-22-14)16(19)21-8-12-7-17-15(23-12)11-5-3-2-4-6-11/h2-7,10H,8-9H2,1H3. The number of nitrogens with zero attached hydrogens (tertiary/aromatic N) is 2. The molecule has 23 heavy (non-hydrogen) atoms. The van der Waals surface area contributed by atoms with Crippen LogP contribution >= 0.6 is 22.7 Å². The molecule has 118 valence electrons. The lowest BCUT2D eigenvalue weighted by molar-refractivity contribution is 0.0470. The van der Waals surface area contributed by atoms with Gasteiger partial charge in [-0.2, -0.15) is 0 Å². The summed E-state index contributed by atoms with van der Waals surface area (Å²) in [6, 6.07) is 9.90. The Morgan fingerprint density at radius 3 is 2.83 bits per heavy atom. The second kappa shape index (κ2) is 7.45. The maximum absolute atomic E-state index is 12.0. The number of thiazole rings is 2. The molecule has 2 aromatic heterocycles. The first-order valence-corrected chi connectivity index (χ1v) is 8.56. The minimum Gasteiger partial charge on any atom is -0.455 e. The number of carbonyl (C=O) groups is 1. The molecule has 0 atom stereocenters. The van der Waals surface area contributed by atoms with Crippen molar-refractivity contribution < 1.29 is 14.3 Å².